The van der Waals surface area contributed by atoms with Crippen molar-refractivity contribution in [2.75, 3.05) is 45.4 Å². The van der Waals surface area contributed by atoms with Crippen LogP contribution in [0.25, 0.3) is 10.8 Å². The van der Waals surface area contributed by atoms with Gasteiger partial charge in [0.1, 0.15) is 0 Å². The molecule has 1 aromatic carbocycles. The molecule has 0 amide bonds. The Balaban J connectivity index is 2.32. The Morgan fingerprint density at radius 2 is 1.71 bits per heavy atom. The number of rotatable bonds is 8. The van der Waals surface area contributed by atoms with Gasteiger partial charge in [-0.05, 0) is 6.42 Å². The van der Waals surface area contributed by atoms with Crippen molar-refractivity contribution in [3.8, 4) is 0 Å². The summed E-state index contributed by atoms with van der Waals surface area (Å²) in [4.78, 5) is 2.16. The van der Waals surface area contributed by atoms with Gasteiger partial charge in [0.15, 0.2) is 11.0 Å². The highest BCUT2D eigenvalue weighted by molar-refractivity contribution is 6.34. The number of ether oxygens (including phenoxy) is 2. The van der Waals surface area contributed by atoms with Crippen molar-refractivity contribution in [1.82, 2.24) is 10.2 Å². The molecule has 0 N–H and O–H groups in total. The Morgan fingerprint density at radius 3 is 2.43 bits per heavy atom. The van der Waals surface area contributed by atoms with Crippen molar-refractivity contribution in [3.63, 3.8) is 0 Å². The first-order chi connectivity index (χ1) is 10.3. The SMILES string of the molecule is COCCCN(CCOC)c1nnc(Cl)c2ccccc12. The third kappa shape index (κ3) is 4.03. The molecule has 1 heterocycles. The topological polar surface area (TPSA) is 47.5 Å². The lowest BCUT2D eigenvalue weighted by Gasteiger charge is -2.24. The van der Waals surface area contributed by atoms with E-state index in [0.29, 0.717) is 18.4 Å². The average Bonchev–Trinajstić information content (AvgIpc) is 2.52. The number of benzene rings is 1. The molecular weight excluding hydrogens is 290 g/mol. The molecule has 114 valence electrons. The van der Waals surface area contributed by atoms with Gasteiger partial charge in [0.25, 0.3) is 0 Å². The first-order valence-electron chi connectivity index (χ1n) is 6.91. The second-order valence-electron chi connectivity index (χ2n) is 4.69. The van der Waals surface area contributed by atoms with Crippen molar-refractivity contribution in [2.45, 2.75) is 6.42 Å². The van der Waals surface area contributed by atoms with Crippen LogP contribution in [-0.4, -0.2) is 50.7 Å². The number of methoxy groups -OCH3 is 2. The third-order valence-corrected chi connectivity index (χ3v) is 3.54. The molecule has 0 bridgehead atoms. The molecule has 0 radical (unpaired) electrons. The van der Waals surface area contributed by atoms with Crippen LogP contribution < -0.4 is 4.90 Å². The van der Waals surface area contributed by atoms with Crippen LogP contribution in [0.1, 0.15) is 6.42 Å². The van der Waals surface area contributed by atoms with Crippen LogP contribution in [0.3, 0.4) is 0 Å². The molecule has 0 saturated heterocycles. The lowest BCUT2D eigenvalue weighted by atomic mass is 10.2. The van der Waals surface area contributed by atoms with Crippen LogP contribution in [0.2, 0.25) is 5.15 Å². The zero-order valence-electron chi connectivity index (χ0n) is 12.4. The summed E-state index contributed by atoms with van der Waals surface area (Å²) in [6.07, 6.45) is 0.916. The van der Waals surface area contributed by atoms with E-state index in [9.17, 15) is 0 Å². The van der Waals surface area contributed by atoms with E-state index in [-0.39, 0.29) is 0 Å². The molecule has 6 heteroatoms. The monoisotopic (exact) mass is 309 g/mol. The number of anilines is 1. The number of fused-ring (bicyclic) bond motifs is 1. The van der Waals surface area contributed by atoms with E-state index in [1.807, 2.05) is 24.3 Å². The summed E-state index contributed by atoms with van der Waals surface area (Å²) in [5.74, 6) is 0.836. The second kappa shape index (κ2) is 8.12. The molecule has 0 aliphatic rings. The Hall–Kier alpha value is -1.43. The standard InChI is InChI=1S/C15H20ClN3O2/c1-20-10-5-8-19(9-11-21-2)15-13-7-4-3-6-12(13)14(16)17-18-15/h3-4,6-7H,5,8-11H2,1-2H3. The van der Waals surface area contributed by atoms with E-state index in [2.05, 4.69) is 15.1 Å². The number of hydrogen-bond donors (Lipinski definition) is 0. The van der Waals surface area contributed by atoms with Crippen molar-refractivity contribution in [3.05, 3.63) is 29.4 Å². The van der Waals surface area contributed by atoms with Crippen molar-refractivity contribution < 1.29 is 9.47 Å². The molecule has 0 aliphatic heterocycles. The number of halogens is 1. The van der Waals surface area contributed by atoms with Gasteiger partial charge in [-0.1, -0.05) is 35.9 Å². The van der Waals surface area contributed by atoms with E-state index in [1.54, 1.807) is 14.2 Å². The van der Waals surface area contributed by atoms with E-state index in [1.165, 1.54) is 0 Å². The van der Waals surface area contributed by atoms with Gasteiger partial charge >= 0.3 is 0 Å². The molecule has 0 fully saturated rings. The average molecular weight is 310 g/mol. The number of aromatic nitrogens is 2. The lowest BCUT2D eigenvalue weighted by molar-refractivity contribution is 0.191. The summed E-state index contributed by atoms with van der Waals surface area (Å²) < 4.78 is 10.3. The minimum absolute atomic E-state index is 0.429. The number of hydrogen-bond acceptors (Lipinski definition) is 5. The molecule has 0 saturated carbocycles. The Bertz CT molecular complexity index is 580. The molecule has 0 atom stereocenters. The first-order valence-corrected chi connectivity index (χ1v) is 7.29. The third-order valence-electron chi connectivity index (χ3n) is 3.26. The Morgan fingerprint density at radius 1 is 1.00 bits per heavy atom. The maximum atomic E-state index is 6.13. The molecule has 0 unspecified atom stereocenters. The quantitative estimate of drug-likeness (QED) is 0.702. The fourth-order valence-electron chi connectivity index (χ4n) is 2.22. The first kappa shape index (κ1) is 15.9. The molecule has 5 nitrogen and oxygen atoms in total. The fraction of sp³-hybridized carbons (Fsp3) is 0.467. The minimum Gasteiger partial charge on any atom is -0.385 e. The zero-order valence-corrected chi connectivity index (χ0v) is 13.1. The summed E-state index contributed by atoms with van der Waals surface area (Å²) in [6, 6.07) is 7.90. The van der Waals surface area contributed by atoms with E-state index in [4.69, 9.17) is 21.1 Å². The maximum Gasteiger partial charge on any atom is 0.159 e. The Kier molecular flexibility index (Phi) is 6.17. The molecule has 0 aliphatic carbocycles. The maximum absolute atomic E-state index is 6.13. The molecule has 21 heavy (non-hydrogen) atoms. The molecule has 0 spiro atoms. The summed E-state index contributed by atoms with van der Waals surface area (Å²) in [6.45, 7) is 2.92. The van der Waals surface area contributed by atoms with Gasteiger partial charge in [-0.3, -0.25) is 0 Å². The van der Waals surface area contributed by atoms with Crippen molar-refractivity contribution >= 4 is 28.2 Å². The normalized spacial score (nSPS) is 11.0. The predicted molar refractivity (Wildman–Crippen MR) is 85.1 cm³/mol. The van der Waals surface area contributed by atoms with Crippen molar-refractivity contribution in [2.24, 2.45) is 0 Å². The minimum atomic E-state index is 0.429. The van der Waals surface area contributed by atoms with Gasteiger partial charge in [-0.15, -0.1) is 10.2 Å². The van der Waals surface area contributed by atoms with Crippen LogP contribution in [0.4, 0.5) is 5.82 Å². The summed E-state index contributed by atoms with van der Waals surface area (Å²) in [5, 5.41) is 10.7. The van der Waals surface area contributed by atoms with Gasteiger partial charge in [-0.25, -0.2) is 0 Å². The van der Waals surface area contributed by atoms with Crippen LogP contribution in [0, 0.1) is 0 Å². The predicted octanol–water partition coefficient (Wildman–Crippen LogP) is 2.77. The number of nitrogens with zero attached hydrogens (tertiary/aromatic N) is 3. The highest BCUT2D eigenvalue weighted by Crippen LogP contribution is 2.28. The summed E-state index contributed by atoms with van der Waals surface area (Å²) >= 11 is 6.13. The largest absolute Gasteiger partial charge is 0.385 e. The van der Waals surface area contributed by atoms with Crippen LogP contribution in [0.5, 0.6) is 0 Å². The van der Waals surface area contributed by atoms with E-state index in [0.717, 1.165) is 36.1 Å². The van der Waals surface area contributed by atoms with Gasteiger partial charge < -0.3 is 14.4 Å². The lowest BCUT2D eigenvalue weighted by Crippen LogP contribution is -2.30. The highest BCUT2D eigenvalue weighted by Gasteiger charge is 2.14. The fourth-order valence-corrected chi connectivity index (χ4v) is 2.42. The smallest absolute Gasteiger partial charge is 0.159 e. The Labute approximate surface area is 129 Å². The van der Waals surface area contributed by atoms with Gasteiger partial charge in [-0.2, -0.15) is 0 Å². The highest BCUT2D eigenvalue weighted by atomic mass is 35.5. The van der Waals surface area contributed by atoms with Gasteiger partial charge in [0, 0.05) is 44.7 Å². The summed E-state index contributed by atoms with van der Waals surface area (Å²) in [5.41, 5.74) is 0. The zero-order chi connectivity index (χ0) is 15.1. The molecule has 2 rings (SSSR count). The van der Waals surface area contributed by atoms with Gasteiger partial charge in [0.2, 0.25) is 0 Å². The summed E-state index contributed by atoms with van der Waals surface area (Å²) in [7, 11) is 3.40. The van der Waals surface area contributed by atoms with Crippen LogP contribution in [0.15, 0.2) is 24.3 Å². The van der Waals surface area contributed by atoms with E-state index < -0.39 is 0 Å². The second-order valence-corrected chi connectivity index (χ2v) is 5.04. The molecule has 2 aromatic rings. The molecule has 1 aromatic heterocycles. The van der Waals surface area contributed by atoms with Crippen LogP contribution in [-0.2, 0) is 9.47 Å². The van der Waals surface area contributed by atoms with E-state index >= 15 is 0 Å². The molecular formula is C15H20ClN3O2. The van der Waals surface area contributed by atoms with Crippen molar-refractivity contribution in [1.29, 1.82) is 0 Å². The van der Waals surface area contributed by atoms with Crippen LogP contribution >= 0.6 is 11.6 Å². The van der Waals surface area contributed by atoms with Gasteiger partial charge in [0.05, 0.1) is 6.61 Å².